The third-order valence-corrected chi connectivity index (χ3v) is 2.06. The van der Waals surface area contributed by atoms with Crippen LogP contribution in [0.3, 0.4) is 0 Å². The van der Waals surface area contributed by atoms with E-state index in [-0.39, 0.29) is 23.8 Å². The zero-order chi connectivity index (χ0) is 12.2. The highest BCUT2D eigenvalue weighted by molar-refractivity contribution is 5.75. The number of carbonyl (C=O) groups excluding carboxylic acids is 1. The van der Waals surface area contributed by atoms with Gasteiger partial charge in [-0.25, -0.2) is 9.67 Å². The molecule has 3 N–H and O–H groups in total. The van der Waals surface area contributed by atoms with Crippen molar-refractivity contribution in [3.05, 3.63) is 6.33 Å². The van der Waals surface area contributed by atoms with Crippen molar-refractivity contribution in [2.75, 3.05) is 12.3 Å². The monoisotopic (exact) mass is 225 g/mol. The van der Waals surface area contributed by atoms with Gasteiger partial charge in [-0.3, -0.25) is 4.79 Å². The highest BCUT2D eigenvalue weighted by Gasteiger charge is 2.10. The minimum atomic E-state index is -0.0749. The molecule has 0 saturated carbocycles. The fourth-order valence-corrected chi connectivity index (χ4v) is 1.17. The van der Waals surface area contributed by atoms with Crippen molar-refractivity contribution in [2.24, 2.45) is 5.41 Å². The molecule has 0 radical (unpaired) electrons. The minimum absolute atomic E-state index is 0.0749. The minimum Gasteiger partial charge on any atom is -0.367 e. The summed E-state index contributed by atoms with van der Waals surface area (Å²) in [4.78, 5) is 15.2. The van der Waals surface area contributed by atoms with Crippen molar-refractivity contribution in [1.29, 1.82) is 0 Å². The predicted octanol–water partition coefficient (Wildman–Crippen LogP) is 0.413. The van der Waals surface area contributed by atoms with E-state index in [0.717, 1.165) is 6.42 Å². The second-order valence-corrected chi connectivity index (χ2v) is 4.96. The zero-order valence-electron chi connectivity index (χ0n) is 10.0. The lowest BCUT2D eigenvalue weighted by Crippen LogP contribution is -2.30. The molecule has 0 aliphatic carbocycles. The van der Waals surface area contributed by atoms with Gasteiger partial charge in [-0.2, -0.15) is 0 Å². The third kappa shape index (κ3) is 4.77. The zero-order valence-corrected chi connectivity index (χ0v) is 10.0. The van der Waals surface area contributed by atoms with E-state index in [1.807, 2.05) is 0 Å². The van der Waals surface area contributed by atoms with Crippen LogP contribution in [0.15, 0.2) is 6.33 Å². The van der Waals surface area contributed by atoms with Gasteiger partial charge in [0.25, 0.3) is 0 Å². The number of anilines is 1. The number of nitrogens with zero attached hydrogens (tertiary/aromatic N) is 3. The van der Waals surface area contributed by atoms with Crippen LogP contribution >= 0.6 is 0 Å². The summed E-state index contributed by atoms with van der Waals surface area (Å²) in [6.45, 7) is 7.24. The first-order valence-corrected chi connectivity index (χ1v) is 5.28. The molecule has 0 atom stereocenters. The Bertz CT molecular complexity index is 352. The van der Waals surface area contributed by atoms with Gasteiger partial charge in [-0.05, 0) is 11.8 Å². The molecule has 0 aliphatic heterocycles. The SMILES string of the molecule is CC(C)(C)CCNC(=O)Cn1cnc(N)n1. The van der Waals surface area contributed by atoms with E-state index in [2.05, 4.69) is 36.2 Å². The number of hydrogen-bond acceptors (Lipinski definition) is 4. The summed E-state index contributed by atoms with van der Waals surface area (Å²) in [6, 6.07) is 0. The largest absolute Gasteiger partial charge is 0.367 e. The van der Waals surface area contributed by atoms with Gasteiger partial charge >= 0.3 is 0 Å². The maximum Gasteiger partial charge on any atom is 0.241 e. The predicted molar refractivity (Wildman–Crippen MR) is 61.5 cm³/mol. The molecule has 90 valence electrons. The Morgan fingerprint density at radius 2 is 2.25 bits per heavy atom. The van der Waals surface area contributed by atoms with E-state index in [1.54, 1.807) is 0 Å². The molecular formula is C10H19N5O. The maximum atomic E-state index is 11.5. The van der Waals surface area contributed by atoms with Crippen molar-refractivity contribution in [3.8, 4) is 0 Å². The van der Waals surface area contributed by atoms with Crippen molar-refractivity contribution in [3.63, 3.8) is 0 Å². The van der Waals surface area contributed by atoms with Crippen LogP contribution in [-0.4, -0.2) is 27.2 Å². The molecule has 1 amide bonds. The number of nitrogens with two attached hydrogens (primary N) is 1. The normalized spacial score (nSPS) is 11.4. The first-order chi connectivity index (χ1) is 7.37. The van der Waals surface area contributed by atoms with Crippen LogP contribution in [0.2, 0.25) is 0 Å². The van der Waals surface area contributed by atoms with E-state index < -0.39 is 0 Å². The second kappa shape index (κ2) is 4.96. The molecule has 1 rings (SSSR count). The summed E-state index contributed by atoms with van der Waals surface area (Å²) in [6.07, 6.45) is 2.39. The maximum absolute atomic E-state index is 11.5. The Morgan fingerprint density at radius 3 is 2.75 bits per heavy atom. The number of amides is 1. The van der Waals surface area contributed by atoms with Gasteiger partial charge in [-0.1, -0.05) is 20.8 Å². The lowest BCUT2D eigenvalue weighted by molar-refractivity contribution is -0.121. The second-order valence-electron chi connectivity index (χ2n) is 4.96. The fourth-order valence-electron chi connectivity index (χ4n) is 1.17. The molecule has 1 aromatic rings. The van der Waals surface area contributed by atoms with Crippen LogP contribution in [0.1, 0.15) is 27.2 Å². The average Bonchev–Trinajstić information content (AvgIpc) is 2.48. The Balaban J connectivity index is 2.26. The number of hydrogen-bond donors (Lipinski definition) is 2. The molecule has 6 nitrogen and oxygen atoms in total. The van der Waals surface area contributed by atoms with Gasteiger partial charge in [0.2, 0.25) is 11.9 Å². The van der Waals surface area contributed by atoms with Crippen LogP contribution < -0.4 is 11.1 Å². The van der Waals surface area contributed by atoms with Crippen molar-refractivity contribution >= 4 is 11.9 Å². The number of aromatic nitrogens is 3. The fraction of sp³-hybridized carbons (Fsp3) is 0.700. The van der Waals surface area contributed by atoms with Crippen LogP contribution in [0, 0.1) is 5.41 Å². The topological polar surface area (TPSA) is 85.8 Å². The Labute approximate surface area is 95.2 Å². The number of nitrogens with one attached hydrogen (secondary N) is 1. The number of carbonyl (C=O) groups is 1. The van der Waals surface area contributed by atoms with Crippen molar-refractivity contribution in [2.45, 2.75) is 33.7 Å². The van der Waals surface area contributed by atoms with Crippen molar-refractivity contribution < 1.29 is 4.79 Å². The van der Waals surface area contributed by atoms with E-state index in [4.69, 9.17) is 5.73 Å². The van der Waals surface area contributed by atoms with Crippen LogP contribution in [0.4, 0.5) is 5.95 Å². The smallest absolute Gasteiger partial charge is 0.241 e. The molecule has 0 fully saturated rings. The molecule has 1 heterocycles. The molecule has 0 spiro atoms. The van der Waals surface area contributed by atoms with Gasteiger partial charge in [0.05, 0.1) is 0 Å². The van der Waals surface area contributed by atoms with Crippen LogP contribution in [-0.2, 0) is 11.3 Å². The summed E-state index contributed by atoms with van der Waals surface area (Å²) >= 11 is 0. The third-order valence-electron chi connectivity index (χ3n) is 2.06. The molecule has 0 unspecified atom stereocenters. The Morgan fingerprint density at radius 1 is 1.56 bits per heavy atom. The molecular weight excluding hydrogens is 206 g/mol. The van der Waals surface area contributed by atoms with E-state index >= 15 is 0 Å². The van der Waals surface area contributed by atoms with Gasteiger partial charge < -0.3 is 11.1 Å². The summed E-state index contributed by atoms with van der Waals surface area (Å²) < 4.78 is 1.42. The summed E-state index contributed by atoms with van der Waals surface area (Å²) in [5, 5.41) is 6.66. The lowest BCUT2D eigenvalue weighted by Gasteiger charge is -2.17. The summed E-state index contributed by atoms with van der Waals surface area (Å²) in [7, 11) is 0. The van der Waals surface area contributed by atoms with Gasteiger partial charge in [0, 0.05) is 6.54 Å². The lowest BCUT2D eigenvalue weighted by atomic mass is 9.92. The average molecular weight is 225 g/mol. The standard InChI is InChI=1S/C10H19N5O/c1-10(2,3)4-5-12-8(16)6-15-7-13-9(11)14-15/h7H,4-6H2,1-3H3,(H2,11,14)(H,12,16). The molecule has 0 saturated heterocycles. The number of nitrogen functional groups attached to an aromatic ring is 1. The number of rotatable bonds is 4. The molecule has 6 heteroatoms. The van der Waals surface area contributed by atoms with E-state index in [0.29, 0.717) is 6.54 Å². The Kier molecular flexibility index (Phi) is 3.87. The molecule has 1 aromatic heterocycles. The molecule has 0 bridgehead atoms. The van der Waals surface area contributed by atoms with Gasteiger partial charge in [0.15, 0.2) is 0 Å². The van der Waals surface area contributed by atoms with Gasteiger partial charge in [-0.15, -0.1) is 5.10 Å². The van der Waals surface area contributed by atoms with Crippen molar-refractivity contribution in [1.82, 2.24) is 20.1 Å². The highest BCUT2D eigenvalue weighted by Crippen LogP contribution is 2.16. The quantitative estimate of drug-likeness (QED) is 0.777. The summed E-state index contributed by atoms with van der Waals surface area (Å²) in [5.74, 6) is 0.108. The van der Waals surface area contributed by atoms with Crippen LogP contribution in [0.25, 0.3) is 0 Å². The molecule has 16 heavy (non-hydrogen) atoms. The van der Waals surface area contributed by atoms with Gasteiger partial charge in [0.1, 0.15) is 12.9 Å². The highest BCUT2D eigenvalue weighted by atomic mass is 16.2. The Hall–Kier alpha value is -1.59. The first kappa shape index (κ1) is 12.5. The van der Waals surface area contributed by atoms with E-state index in [9.17, 15) is 4.79 Å². The first-order valence-electron chi connectivity index (χ1n) is 5.28. The molecule has 0 aromatic carbocycles. The van der Waals surface area contributed by atoms with Crippen LogP contribution in [0.5, 0.6) is 0 Å². The summed E-state index contributed by atoms with van der Waals surface area (Å²) in [5.41, 5.74) is 5.56. The molecule has 0 aliphatic rings. The van der Waals surface area contributed by atoms with E-state index in [1.165, 1.54) is 11.0 Å².